The molecule has 0 heterocycles. The van der Waals surface area contributed by atoms with E-state index >= 15 is 0 Å². The van der Waals surface area contributed by atoms with Crippen LogP contribution in [0.25, 0.3) is 0 Å². The minimum absolute atomic E-state index is 0.669. The van der Waals surface area contributed by atoms with Gasteiger partial charge in [0, 0.05) is 18.7 Å². The third kappa shape index (κ3) is 3.71. The lowest BCUT2D eigenvalue weighted by atomic mass is 9.87. The Balaban J connectivity index is 1.91. The molecular formula is C16H26N2O2. The highest BCUT2D eigenvalue weighted by Crippen LogP contribution is 2.35. The van der Waals surface area contributed by atoms with Crippen LogP contribution in [0.4, 0.5) is 11.4 Å². The first-order valence-electron chi connectivity index (χ1n) is 7.50. The minimum Gasteiger partial charge on any atom is -0.493 e. The minimum atomic E-state index is 0.669. The first-order chi connectivity index (χ1) is 9.74. The number of nitrogens with two attached hydrogens (primary N) is 1. The van der Waals surface area contributed by atoms with Crippen molar-refractivity contribution in [1.82, 2.24) is 0 Å². The molecular weight excluding hydrogens is 252 g/mol. The highest BCUT2D eigenvalue weighted by Gasteiger charge is 2.13. The second kappa shape index (κ2) is 7.27. The van der Waals surface area contributed by atoms with E-state index in [1.54, 1.807) is 14.2 Å². The van der Waals surface area contributed by atoms with Gasteiger partial charge in [-0.15, -0.1) is 0 Å². The number of ether oxygens (including phenoxy) is 2. The predicted molar refractivity (Wildman–Crippen MR) is 83.6 cm³/mol. The first-order valence-corrected chi connectivity index (χ1v) is 7.50. The van der Waals surface area contributed by atoms with E-state index in [2.05, 4.69) is 5.32 Å². The number of hydrogen-bond acceptors (Lipinski definition) is 4. The molecule has 0 amide bonds. The van der Waals surface area contributed by atoms with E-state index in [9.17, 15) is 0 Å². The second-order valence-electron chi connectivity index (χ2n) is 5.51. The lowest BCUT2D eigenvalue weighted by Crippen LogP contribution is -2.13. The molecule has 0 aromatic heterocycles. The summed E-state index contributed by atoms with van der Waals surface area (Å²) in [5.74, 6) is 2.25. The van der Waals surface area contributed by atoms with E-state index in [1.807, 2.05) is 12.1 Å². The fraction of sp³-hybridized carbons (Fsp3) is 0.625. The van der Waals surface area contributed by atoms with Crippen molar-refractivity contribution in [3.05, 3.63) is 12.1 Å². The Bertz CT molecular complexity index is 429. The topological polar surface area (TPSA) is 56.5 Å². The molecule has 0 bridgehead atoms. The largest absolute Gasteiger partial charge is 0.493 e. The molecule has 1 aromatic rings. The Labute approximate surface area is 121 Å². The van der Waals surface area contributed by atoms with Crippen LogP contribution < -0.4 is 20.5 Å². The van der Waals surface area contributed by atoms with Gasteiger partial charge in [0.2, 0.25) is 0 Å². The number of anilines is 2. The Morgan fingerprint density at radius 2 is 1.75 bits per heavy atom. The third-order valence-electron chi connectivity index (χ3n) is 4.15. The van der Waals surface area contributed by atoms with Gasteiger partial charge in [-0.3, -0.25) is 0 Å². The van der Waals surface area contributed by atoms with Crippen LogP contribution in [0.5, 0.6) is 11.5 Å². The van der Waals surface area contributed by atoms with Gasteiger partial charge in [0.1, 0.15) is 0 Å². The van der Waals surface area contributed by atoms with Crippen LogP contribution in [-0.2, 0) is 0 Å². The summed E-state index contributed by atoms with van der Waals surface area (Å²) in [6.07, 6.45) is 8.17. The molecule has 0 saturated heterocycles. The molecule has 1 saturated carbocycles. The summed E-state index contributed by atoms with van der Waals surface area (Å²) in [4.78, 5) is 0. The molecule has 1 aliphatic carbocycles. The van der Waals surface area contributed by atoms with Crippen LogP contribution in [-0.4, -0.2) is 20.8 Å². The molecule has 4 heteroatoms. The summed E-state index contributed by atoms with van der Waals surface area (Å²) in [5, 5.41) is 3.43. The second-order valence-corrected chi connectivity index (χ2v) is 5.51. The summed E-state index contributed by atoms with van der Waals surface area (Å²) in [6, 6.07) is 3.72. The van der Waals surface area contributed by atoms with Gasteiger partial charge in [-0.05, 0) is 12.3 Å². The van der Waals surface area contributed by atoms with Crippen molar-refractivity contribution in [2.45, 2.75) is 38.5 Å². The van der Waals surface area contributed by atoms with E-state index < -0.39 is 0 Å². The van der Waals surface area contributed by atoms with Gasteiger partial charge in [-0.25, -0.2) is 0 Å². The first kappa shape index (κ1) is 14.8. The van der Waals surface area contributed by atoms with Crippen LogP contribution in [0, 0.1) is 5.92 Å². The SMILES string of the molecule is COc1cc(N)c(NCCC2CCCCC2)cc1OC. The number of nitrogen functional groups attached to an aromatic ring is 1. The van der Waals surface area contributed by atoms with Crippen LogP contribution in [0.15, 0.2) is 12.1 Å². The number of hydrogen-bond donors (Lipinski definition) is 2. The van der Waals surface area contributed by atoms with E-state index in [1.165, 1.54) is 38.5 Å². The maximum absolute atomic E-state index is 6.04. The fourth-order valence-electron chi connectivity index (χ4n) is 2.93. The fourth-order valence-corrected chi connectivity index (χ4v) is 2.93. The van der Waals surface area contributed by atoms with Crippen molar-refractivity contribution in [3.63, 3.8) is 0 Å². The van der Waals surface area contributed by atoms with Crippen LogP contribution in [0.1, 0.15) is 38.5 Å². The van der Waals surface area contributed by atoms with Gasteiger partial charge < -0.3 is 20.5 Å². The zero-order valence-electron chi connectivity index (χ0n) is 12.6. The monoisotopic (exact) mass is 278 g/mol. The van der Waals surface area contributed by atoms with Gasteiger partial charge in [0.05, 0.1) is 25.6 Å². The molecule has 4 nitrogen and oxygen atoms in total. The molecule has 0 aliphatic heterocycles. The van der Waals surface area contributed by atoms with Gasteiger partial charge in [-0.1, -0.05) is 32.1 Å². The lowest BCUT2D eigenvalue weighted by Gasteiger charge is -2.22. The van der Waals surface area contributed by atoms with E-state index in [0.29, 0.717) is 17.2 Å². The Morgan fingerprint density at radius 1 is 1.10 bits per heavy atom. The molecule has 1 aromatic carbocycles. The molecule has 3 N–H and O–H groups in total. The third-order valence-corrected chi connectivity index (χ3v) is 4.15. The molecule has 0 radical (unpaired) electrons. The molecule has 1 fully saturated rings. The van der Waals surface area contributed by atoms with Crippen LogP contribution in [0.3, 0.4) is 0 Å². The maximum atomic E-state index is 6.04. The maximum Gasteiger partial charge on any atom is 0.162 e. The Morgan fingerprint density at radius 3 is 2.40 bits per heavy atom. The molecule has 20 heavy (non-hydrogen) atoms. The van der Waals surface area contributed by atoms with Crippen molar-refractivity contribution in [3.8, 4) is 11.5 Å². The normalized spacial score (nSPS) is 15.9. The summed E-state index contributed by atoms with van der Waals surface area (Å²) in [7, 11) is 3.26. The number of benzene rings is 1. The summed E-state index contributed by atoms with van der Waals surface area (Å²) < 4.78 is 10.5. The highest BCUT2D eigenvalue weighted by atomic mass is 16.5. The number of methoxy groups -OCH3 is 2. The highest BCUT2D eigenvalue weighted by molar-refractivity contribution is 5.72. The smallest absolute Gasteiger partial charge is 0.162 e. The Kier molecular flexibility index (Phi) is 5.39. The average molecular weight is 278 g/mol. The molecule has 0 spiro atoms. The van der Waals surface area contributed by atoms with Crippen LogP contribution in [0.2, 0.25) is 0 Å². The van der Waals surface area contributed by atoms with E-state index in [0.717, 1.165) is 18.2 Å². The zero-order valence-corrected chi connectivity index (χ0v) is 12.6. The standard InChI is InChI=1S/C16H26N2O2/c1-19-15-10-13(17)14(11-16(15)20-2)18-9-8-12-6-4-3-5-7-12/h10-12,18H,3-9,17H2,1-2H3. The zero-order chi connectivity index (χ0) is 14.4. The van der Waals surface area contributed by atoms with Crippen molar-refractivity contribution in [2.75, 3.05) is 31.8 Å². The molecule has 2 rings (SSSR count). The van der Waals surface area contributed by atoms with Crippen molar-refractivity contribution >= 4 is 11.4 Å². The van der Waals surface area contributed by atoms with Crippen molar-refractivity contribution < 1.29 is 9.47 Å². The van der Waals surface area contributed by atoms with Crippen LogP contribution >= 0.6 is 0 Å². The predicted octanol–water partition coefficient (Wildman–Crippen LogP) is 3.67. The Hall–Kier alpha value is -1.58. The van der Waals surface area contributed by atoms with E-state index in [-0.39, 0.29) is 0 Å². The number of rotatable bonds is 6. The molecule has 0 unspecified atom stereocenters. The van der Waals surface area contributed by atoms with Crippen molar-refractivity contribution in [2.24, 2.45) is 5.92 Å². The molecule has 0 atom stereocenters. The van der Waals surface area contributed by atoms with E-state index in [4.69, 9.17) is 15.2 Å². The van der Waals surface area contributed by atoms with Gasteiger partial charge >= 0.3 is 0 Å². The molecule has 112 valence electrons. The summed E-state index contributed by atoms with van der Waals surface area (Å²) in [5.41, 5.74) is 7.67. The number of nitrogens with one attached hydrogen (secondary N) is 1. The molecule has 1 aliphatic rings. The summed E-state index contributed by atoms with van der Waals surface area (Å²) >= 11 is 0. The average Bonchev–Trinajstić information content (AvgIpc) is 2.49. The van der Waals surface area contributed by atoms with Gasteiger partial charge in [0.25, 0.3) is 0 Å². The van der Waals surface area contributed by atoms with Crippen molar-refractivity contribution in [1.29, 1.82) is 0 Å². The quantitative estimate of drug-likeness (QED) is 0.780. The lowest BCUT2D eigenvalue weighted by molar-refractivity contribution is 0.345. The van der Waals surface area contributed by atoms with Gasteiger partial charge in [-0.2, -0.15) is 0 Å². The van der Waals surface area contributed by atoms with Gasteiger partial charge in [0.15, 0.2) is 11.5 Å². The summed E-state index contributed by atoms with van der Waals surface area (Å²) in [6.45, 7) is 0.963.